The Bertz CT molecular complexity index is 913. The molecule has 2 nitrogen and oxygen atoms in total. The molecule has 0 saturated carbocycles. The molecule has 4 heteroatoms. The number of benzene rings is 1. The van der Waals surface area contributed by atoms with E-state index in [-0.39, 0.29) is 11.1 Å². The van der Waals surface area contributed by atoms with E-state index < -0.39 is 17.4 Å². The van der Waals surface area contributed by atoms with Gasteiger partial charge in [-0.3, -0.25) is 9.78 Å². The third kappa shape index (κ3) is 4.80. The van der Waals surface area contributed by atoms with E-state index in [2.05, 4.69) is 31.0 Å². The fraction of sp³-hybridized carbons (Fsp3) is 0.440. The molecular weight excluding hydrogens is 368 g/mol. The molecule has 0 saturated heterocycles. The van der Waals surface area contributed by atoms with Crippen molar-refractivity contribution in [3.05, 3.63) is 58.8 Å². The van der Waals surface area contributed by atoms with Crippen LogP contribution in [0.3, 0.4) is 0 Å². The van der Waals surface area contributed by atoms with Gasteiger partial charge in [0.15, 0.2) is 5.78 Å². The van der Waals surface area contributed by atoms with Gasteiger partial charge in [0.2, 0.25) is 0 Å². The van der Waals surface area contributed by atoms with Gasteiger partial charge in [-0.1, -0.05) is 51.7 Å². The Kier molecular flexibility index (Phi) is 6.94. The van der Waals surface area contributed by atoms with Crippen LogP contribution in [0, 0.1) is 17.6 Å². The largest absolute Gasteiger partial charge is 0.294 e. The van der Waals surface area contributed by atoms with Gasteiger partial charge >= 0.3 is 0 Å². The van der Waals surface area contributed by atoms with Gasteiger partial charge in [-0.05, 0) is 55.0 Å². The molecule has 1 aromatic carbocycles. The molecule has 1 heterocycles. The Morgan fingerprint density at radius 1 is 1.07 bits per heavy atom. The Balaban J connectivity index is 1.79. The third-order valence-electron chi connectivity index (χ3n) is 5.87. The van der Waals surface area contributed by atoms with Gasteiger partial charge in [0.25, 0.3) is 0 Å². The van der Waals surface area contributed by atoms with E-state index in [4.69, 9.17) is 0 Å². The summed E-state index contributed by atoms with van der Waals surface area (Å²) in [6.45, 7) is 5.70. The normalized spacial score (nSPS) is 15.2. The van der Waals surface area contributed by atoms with Crippen LogP contribution in [0.15, 0.2) is 30.5 Å². The van der Waals surface area contributed by atoms with Crippen LogP contribution in [0.5, 0.6) is 0 Å². The number of Topliss-reactive ketones (excluding diaryl/α,β-unsaturated/α-hetero) is 1. The summed E-state index contributed by atoms with van der Waals surface area (Å²) in [4.78, 5) is 15.8. The van der Waals surface area contributed by atoms with E-state index in [1.165, 1.54) is 39.0 Å². The monoisotopic (exact) mass is 397 g/mol. The SMILES string of the molecule is CCCC(CCC)CCC1C=Cc2cc(-c3cc(F)c(C(C)=O)cc3F)ncc21. The fourth-order valence-electron chi connectivity index (χ4n) is 4.34. The van der Waals surface area contributed by atoms with Gasteiger partial charge < -0.3 is 0 Å². The second kappa shape index (κ2) is 9.43. The fourth-order valence-corrected chi connectivity index (χ4v) is 4.34. The van der Waals surface area contributed by atoms with Crippen molar-refractivity contribution in [1.29, 1.82) is 0 Å². The van der Waals surface area contributed by atoms with Crippen molar-refractivity contribution in [3.8, 4) is 11.3 Å². The molecule has 1 aliphatic carbocycles. The Labute approximate surface area is 172 Å². The lowest BCUT2D eigenvalue weighted by Gasteiger charge is -2.18. The van der Waals surface area contributed by atoms with Gasteiger partial charge in [0.05, 0.1) is 11.3 Å². The van der Waals surface area contributed by atoms with E-state index in [1.54, 1.807) is 6.20 Å². The summed E-state index contributed by atoms with van der Waals surface area (Å²) in [6, 6.07) is 3.84. The van der Waals surface area contributed by atoms with Crippen LogP contribution in [-0.2, 0) is 0 Å². The zero-order valence-electron chi connectivity index (χ0n) is 17.5. The first-order valence-corrected chi connectivity index (χ1v) is 10.6. The quantitative estimate of drug-likeness (QED) is 0.414. The summed E-state index contributed by atoms with van der Waals surface area (Å²) < 4.78 is 28.7. The predicted octanol–water partition coefficient (Wildman–Crippen LogP) is 7.34. The van der Waals surface area contributed by atoms with Crippen molar-refractivity contribution < 1.29 is 13.6 Å². The van der Waals surface area contributed by atoms with Gasteiger partial charge in [-0.25, -0.2) is 8.78 Å². The minimum absolute atomic E-state index is 0.0816. The maximum atomic E-state index is 14.5. The van der Waals surface area contributed by atoms with Crippen LogP contribution in [0.4, 0.5) is 8.78 Å². The number of ketones is 1. The predicted molar refractivity (Wildman–Crippen MR) is 114 cm³/mol. The minimum Gasteiger partial charge on any atom is -0.294 e. The molecule has 0 N–H and O–H groups in total. The second-order valence-corrected chi connectivity index (χ2v) is 8.05. The smallest absolute Gasteiger partial charge is 0.162 e. The van der Waals surface area contributed by atoms with Gasteiger partial charge in [-0.2, -0.15) is 0 Å². The summed E-state index contributed by atoms with van der Waals surface area (Å²) in [6.07, 6.45) is 13.3. The first-order valence-electron chi connectivity index (χ1n) is 10.6. The van der Waals surface area contributed by atoms with Crippen LogP contribution < -0.4 is 0 Å². The van der Waals surface area contributed by atoms with E-state index >= 15 is 0 Å². The van der Waals surface area contributed by atoms with Crippen molar-refractivity contribution in [2.45, 2.75) is 65.2 Å². The van der Waals surface area contributed by atoms with Crippen LogP contribution in [0.1, 0.15) is 86.7 Å². The zero-order chi connectivity index (χ0) is 21.0. The lowest BCUT2D eigenvalue weighted by atomic mass is 9.88. The topological polar surface area (TPSA) is 30.0 Å². The first-order chi connectivity index (χ1) is 13.9. The van der Waals surface area contributed by atoms with Crippen LogP contribution in [0.2, 0.25) is 0 Å². The standard InChI is InChI=1S/C25H29F2NO/c1-4-6-17(7-5-2)8-9-18-10-11-19-12-25(28-15-22(18)19)21-14-23(26)20(16(3)29)13-24(21)27/h10-15,17-18H,4-9H2,1-3H3. The molecule has 0 fully saturated rings. The summed E-state index contributed by atoms with van der Waals surface area (Å²) in [5.41, 5.74) is 2.40. The Morgan fingerprint density at radius 2 is 1.79 bits per heavy atom. The van der Waals surface area contributed by atoms with Gasteiger partial charge in [-0.15, -0.1) is 0 Å². The molecular formula is C25H29F2NO. The number of nitrogens with zero attached hydrogens (tertiary/aromatic N) is 1. The molecule has 2 aromatic rings. The highest BCUT2D eigenvalue weighted by molar-refractivity contribution is 5.94. The third-order valence-corrected chi connectivity index (χ3v) is 5.87. The lowest BCUT2D eigenvalue weighted by molar-refractivity contribution is 0.101. The molecule has 1 aromatic heterocycles. The number of allylic oxidation sites excluding steroid dienone is 1. The number of fused-ring (bicyclic) bond motifs is 1. The van der Waals surface area contributed by atoms with E-state index in [9.17, 15) is 13.6 Å². The summed E-state index contributed by atoms with van der Waals surface area (Å²) in [5, 5.41) is 0. The van der Waals surface area contributed by atoms with E-state index in [1.807, 2.05) is 6.07 Å². The van der Waals surface area contributed by atoms with Crippen molar-refractivity contribution >= 4 is 11.9 Å². The molecule has 0 spiro atoms. The van der Waals surface area contributed by atoms with Crippen molar-refractivity contribution in [2.75, 3.05) is 0 Å². The molecule has 1 aliphatic rings. The number of hydrogen-bond acceptors (Lipinski definition) is 2. The number of hydrogen-bond donors (Lipinski definition) is 0. The van der Waals surface area contributed by atoms with E-state index in [0.717, 1.165) is 35.6 Å². The number of halogens is 2. The Morgan fingerprint density at radius 3 is 2.45 bits per heavy atom. The molecule has 0 bridgehead atoms. The first kappa shape index (κ1) is 21.4. The molecule has 0 radical (unpaired) electrons. The number of rotatable bonds is 9. The lowest BCUT2D eigenvalue weighted by Crippen LogP contribution is -2.04. The Hall–Kier alpha value is -2.36. The number of aromatic nitrogens is 1. The summed E-state index contributed by atoms with van der Waals surface area (Å²) in [7, 11) is 0. The molecule has 154 valence electrons. The zero-order valence-corrected chi connectivity index (χ0v) is 17.5. The average molecular weight is 398 g/mol. The molecule has 3 rings (SSSR count). The maximum absolute atomic E-state index is 14.5. The summed E-state index contributed by atoms with van der Waals surface area (Å²) in [5.74, 6) is -0.742. The maximum Gasteiger partial charge on any atom is 0.162 e. The minimum atomic E-state index is -0.720. The highest BCUT2D eigenvalue weighted by Gasteiger charge is 2.21. The number of carbonyl (C=O) groups is 1. The summed E-state index contributed by atoms with van der Waals surface area (Å²) >= 11 is 0. The molecule has 1 atom stereocenters. The van der Waals surface area contributed by atoms with Crippen LogP contribution >= 0.6 is 0 Å². The highest BCUT2D eigenvalue weighted by atomic mass is 19.1. The van der Waals surface area contributed by atoms with E-state index in [0.29, 0.717) is 11.6 Å². The number of carbonyl (C=O) groups excluding carboxylic acids is 1. The van der Waals surface area contributed by atoms with Gasteiger partial charge in [0, 0.05) is 17.7 Å². The van der Waals surface area contributed by atoms with Crippen molar-refractivity contribution in [1.82, 2.24) is 4.98 Å². The van der Waals surface area contributed by atoms with Crippen molar-refractivity contribution in [2.24, 2.45) is 5.92 Å². The van der Waals surface area contributed by atoms with Gasteiger partial charge in [0.1, 0.15) is 11.6 Å². The van der Waals surface area contributed by atoms with Crippen LogP contribution in [-0.4, -0.2) is 10.8 Å². The second-order valence-electron chi connectivity index (χ2n) is 8.05. The average Bonchev–Trinajstić information content (AvgIpc) is 3.10. The molecule has 29 heavy (non-hydrogen) atoms. The van der Waals surface area contributed by atoms with Crippen LogP contribution in [0.25, 0.3) is 17.3 Å². The molecule has 0 aliphatic heterocycles. The van der Waals surface area contributed by atoms with Crippen molar-refractivity contribution in [3.63, 3.8) is 0 Å². The molecule has 0 amide bonds. The highest BCUT2D eigenvalue weighted by Crippen LogP contribution is 2.37. The molecule has 1 unspecified atom stereocenters. The number of pyridine rings is 1.